The molecule has 92 valence electrons. The molecule has 0 aliphatic heterocycles. The molecule has 7 heteroatoms. The summed E-state index contributed by atoms with van der Waals surface area (Å²) in [5, 5.41) is 33.7. The number of carboxylic acid groups (broad SMARTS) is 2. The van der Waals surface area contributed by atoms with Gasteiger partial charge in [0, 0.05) is 5.56 Å². The second-order valence-corrected chi connectivity index (χ2v) is 2.82. The largest absolute Gasteiger partial charge is 0.503 e. The molecule has 17 heavy (non-hydrogen) atoms. The van der Waals surface area contributed by atoms with Gasteiger partial charge in [0.2, 0.25) is 0 Å². The number of carbonyl (C=O) groups is 1. The summed E-state index contributed by atoms with van der Waals surface area (Å²) < 4.78 is 0. The SMILES string of the molecule is C=CCc1cccc(O)c1[N+](=O)[O-].O=C(O)O. The number of phenolic OH excluding ortho intramolecular Hbond substituents is 1. The van der Waals surface area contributed by atoms with Crippen LogP contribution < -0.4 is 0 Å². The minimum absolute atomic E-state index is 0.234. The van der Waals surface area contributed by atoms with Crippen molar-refractivity contribution in [1.29, 1.82) is 0 Å². The van der Waals surface area contributed by atoms with Gasteiger partial charge in [-0.1, -0.05) is 18.2 Å². The van der Waals surface area contributed by atoms with Crippen LogP contribution in [-0.2, 0) is 6.42 Å². The zero-order valence-corrected chi connectivity index (χ0v) is 8.74. The topological polar surface area (TPSA) is 121 Å². The second-order valence-electron chi connectivity index (χ2n) is 2.82. The Morgan fingerprint density at radius 2 is 2.00 bits per heavy atom. The number of aromatic hydroxyl groups is 1. The highest BCUT2D eigenvalue weighted by molar-refractivity contribution is 5.53. The summed E-state index contributed by atoms with van der Waals surface area (Å²) in [7, 11) is 0. The molecule has 0 amide bonds. The number of para-hydroxylation sites is 1. The van der Waals surface area contributed by atoms with Crippen LogP contribution in [-0.4, -0.2) is 26.4 Å². The summed E-state index contributed by atoms with van der Waals surface area (Å²) in [4.78, 5) is 18.5. The van der Waals surface area contributed by atoms with Crippen molar-refractivity contribution in [3.63, 3.8) is 0 Å². The van der Waals surface area contributed by atoms with E-state index in [1.54, 1.807) is 18.2 Å². The molecular weight excluding hydrogens is 230 g/mol. The van der Waals surface area contributed by atoms with Crippen molar-refractivity contribution in [2.45, 2.75) is 6.42 Å². The number of nitro groups is 1. The molecular formula is C10H11NO6. The van der Waals surface area contributed by atoms with Crippen LogP contribution in [0.4, 0.5) is 10.5 Å². The number of allylic oxidation sites excluding steroid dienone is 1. The Kier molecular flexibility index (Phi) is 5.80. The summed E-state index contributed by atoms with van der Waals surface area (Å²) >= 11 is 0. The molecule has 0 heterocycles. The van der Waals surface area contributed by atoms with E-state index < -0.39 is 11.1 Å². The van der Waals surface area contributed by atoms with Gasteiger partial charge in [-0.2, -0.15) is 0 Å². The third-order valence-electron chi connectivity index (χ3n) is 1.65. The number of nitro benzene ring substituents is 1. The number of nitrogens with zero attached hydrogens (tertiary/aromatic N) is 1. The predicted molar refractivity (Wildman–Crippen MR) is 59.3 cm³/mol. The minimum Gasteiger partial charge on any atom is -0.502 e. The van der Waals surface area contributed by atoms with Crippen LogP contribution in [0.2, 0.25) is 0 Å². The minimum atomic E-state index is -1.83. The van der Waals surface area contributed by atoms with Crippen LogP contribution in [0.3, 0.4) is 0 Å². The quantitative estimate of drug-likeness (QED) is 0.424. The van der Waals surface area contributed by atoms with E-state index in [1.165, 1.54) is 6.07 Å². The van der Waals surface area contributed by atoms with Crippen molar-refractivity contribution >= 4 is 11.8 Å². The Labute approximate surface area is 96.4 Å². The molecule has 0 radical (unpaired) electrons. The summed E-state index contributed by atoms with van der Waals surface area (Å²) in [6.45, 7) is 3.48. The van der Waals surface area contributed by atoms with Crippen LogP contribution >= 0.6 is 0 Å². The fourth-order valence-corrected chi connectivity index (χ4v) is 1.11. The Bertz CT molecular complexity index is 425. The van der Waals surface area contributed by atoms with Crippen LogP contribution in [0, 0.1) is 10.1 Å². The first-order valence-corrected chi connectivity index (χ1v) is 4.38. The van der Waals surface area contributed by atoms with Crippen LogP contribution in [0.1, 0.15) is 5.56 Å². The monoisotopic (exact) mass is 241 g/mol. The second kappa shape index (κ2) is 6.83. The lowest BCUT2D eigenvalue weighted by molar-refractivity contribution is -0.386. The lowest BCUT2D eigenvalue weighted by atomic mass is 10.1. The van der Waals surface area contributed by atoms with Crippen LogP contribution in [0.5, 0.6) is 5.75 Å². The molecule has 1 rings (SSSR count). The van der Waals surface area contributed by atoms with Crippen molar-refractivity contribution in [3.8, 4) is 5.75 Å². The van der Waals surface area contributed by atoms with Crippen molar-refractivity contribution in [2.75, 3.05) is 0 Å². The number of phenols is 1. The van der Waals surface area contributed by atoms with Gasteiger partial charge >= 0.3 is 11.8 Å². The van der Waals surface area contributed by atoms with Crippen LogP contribution in [0.15, 0.2) is 30.9 Å². The lowest BCUT2D eigenvalue weighted by Crippen LogP contribution is -1.94. The first kappa shape index (κ1) is 14.4. The molecule has 0 spiro atoms. The van der Waals surface area contributed by atoms with E-state index in [-0.39, 0.29) is 11.4 Å². The third kappa shape index (κ3) is 5.17. The molecule has 1 aromatic rings. The van der Waals surface area contributed by atoms with Gasteiger partial charge in [-0.3, -0.25) is 10.1 Å². The van der Waals surface area contributed by atoms with Gasteiger partial charge < -0.3 is 15.3 Å². The first-order chi connectivity index (χ1) is 7.90. The molecule has 0 atom stereocenters. The molecule has 0 aliphatic rings. The van der Waals surface area contributed by atoms with Gasteiger partial charge in [-0.15, -0.1) is 6.58 Å². The molecule has 0 aromatic heterocycles. The van der Waals surface area contributed by atoms with E-state index in [9.17, 15) is 15.2 Å². The summed E-state index contributed by atoms with van der Waals surface area (Å²) in [5.41, 5.74) is 0.238. The Morgan fingerprint density at radius 1 is 1.47 bits per heavy atom. The highest BCUT2D eigenvalue weighted by Gasteiger charge is 2.17. The van der Waals surface area contributed by atoms with Gasteiger partial charge in [0.15, 0.2) is 5.75 Å². The fraction of sp³-hybridized carbons (Fsp3) is 0.100. The standard InChI is InChI=1S/C9H9NO3.CH2O3/c1-2-4-7-5-3-6-8(11)9(7)10(12)13;2-1(3)4/h2-3,5-6,11H,1,4H2;(H2,2,3,4). The predicted octanol–water partition coefficient (Wildman–Crippen LogP) is 2.25. The van der Waals surface area contributed by atoms with E-state index in [2.05, 4.69) is 6.58 Å². The first-order valence-electron chi connectivity index (χ1n) is 4.38. The lowest BCUT2D eigenvalue weighted by Gasteiger charge is -2.00. The van der Waals surface area contributed by atoms with Gasteiger partial charge in [-0.25, -0.2) is 4.79 Å². The van der Waals surface area contributed by atoms with Gasteiger partial charge in [0.05, 0.1) is 4.92 Å². The van der Waals surface area contributed by atoms with E-state index >= 15 is 0 Å². The molecule has 7 nitrogen and oxygen atoms in total. The summed E-state index contributed by atoms with van der Waals surface area (Å²) in [6, 6.07) is 4.46. The smallest absolute Gasteiger partial charge is 0.502 e. The number of hydrogen-bond donors (Lipinski definition) is 3. The average Bonchev–Trinajstić information content (AvgIpc) is 2.16. The molecule has 0 saturated carbocycles. The van der Waals surface area contributed by atoms with Gasteiger partial charge in [0.1, 0.15) is 0 Å². The number of rotatable bonds is 3. The van der Waals surface area contributed by atoms with E-state index in [0.29, 0.717) is 12.0 Å². The van der Waals surface area contributed by atoms with Crippen molar-refractivity contribution in [3.05, 3.63) is 46.5 Å². The van der Waals surface area contributed by atoms with Gasteiger partial charge in [0.25, 0.3) is 0 Å². The van der Waals surface area contributed by atoms with E-state index in [4.69, 9.17) is 15.0 Å². The normalized spacial score (nSPS) is 8.71. The maximum Gasteiger partial charge on any atom is 0.503 e. The Morgan fingerprint density at radius 3 is 2.41 bits per heavy atom. The van der Waals surface area contributed by atoms with Crippen molar-refractivity contribution < 1.29 is 25.0 Å². The molecule has 0 fully saturated rings. The Hall–Kier alpha value is -2.57. The molecule has 0 aliphatic carbocycles. The fourth-order valence-electron chi connectivity index (χ4n) is 1.11. The molecule has 0 saturated heterocycles. The molecule has 1 aromatic carbocycles. The Balaban J connectivity index is 0.000000557. The number of hydrogen-bond acceptors (Lipinski definition) is 4. The zero-order chi connectivity index (χ0) is 13.4. The molecule has 0 bridgehead atoms. The maximum atomic E-state index is 10.5. The number of benzene rings is 1. The van der Waals surface area contributed by atoms with Crippen molar-refractivity contribution in [1.82, 2.24) is 0 Å². The molecule has 0 unspecified atom stereocenters. The third-order valence-corrected chi connectivity index (χ3v) is 1.65. The van der Waals surface area contributed by atoms with E-state index in [1.807, 2.05) is 0 Å². The van der Waals surface area contributed by atoms with E-state index in [0.717, 1.165) is 0 Å². The average molecular weight is 241 g/mol. The molecule has 3 N–H and O–H groups in total. The maximum absolute atomic E-state index is 10.5. The summed E-state index contributed by atoms with van der Waals surface area (Å²) in [5.74, 6) is -0.302. The van der Waals surface area contributed by atoms with Gasteiger partial charge in [-0.05, 0) is 12.5 Å². The zero-order valence-electron chi connectivity index (χ0n) is 8.74. The van der Waals surface area contributed by atoms with Crippen LogP contribution in [0.25, 0.3) is 0 Å². The summed E-state index contributed by atoms with van der Waals surface area (Å²) in [6.07, 6.45) is 0.104. The highest BCUT2D eigenvalue weighted by Crippen LogP contribution is 2.29. The van der Waals surface area contributed by atoms with Crippen molar-refractivity contribution in [2.24, 2.45) is 0 Å². The highest BCUT2D eigenvalue weighted by atomic mass is 16.6.